The number of aromatic nitrogens is 1. The zero-order chi connectivity index (χ0) is 22.7. The van der Waals surface area contributed by atoms with Crippen molar-refractivity contribution in [3.05, 3.63) is 60.2 Å². The molecule has 6 heteroatoms. The zero-order valence-corrected chi connectivity index (χ0v) is 19.1. The molecule has 1 amide bonds. The van der Waals surface area contributed by atoms with Crippen LogP contribution < -0.4 is 5.32 Å². The fraction of sp³-hybridized carbons (Fsp3) is 0.385. The van der Waals surface area contributed by atoms with Crippen molar-refractivity contribution in [1.82, 2.24) is 20.1 Å². The quantitative estimate of drug-likeness (QED) is 0.585. The number of piperazine rings is 1. The topological polar surface area (TPSA) is 68.4 Å². The van der Waals surface area contributed by atoms with Crippen LogP contribution in [-0.4, -0.2) is 71.3 Å². The van der Waals surface area contributed by atoms with Crippen molar-refractivity contribution in [2.75, 3.05) is 39.3 Å². The molecule has 2 N–H and O–H groups in total. The zero-order valence-electron chi connectivity index (χ0n) is 19.1. The molecule has 2 aromatic carbocycles. The maximum absolute atomic E-state index is 13.5. The normalized spacial score (nSPS) is 15.7. The van der Waals surface area contributed by atoms with Crippen LogP contribution >= 0.6 is 0 Å². The third kappa shape index (κ3) is 5.26. The lowest BCUT2D eigenvalue weighted by atomic mass is 10.0. The molecular weight excluding hydrogens is 400 g/mol. The Morgan fingerprint density at radius 3 is 2.12 bits per heavy atom. The molecule has 0 radical (unpaired) electrons. The molecule has 3 aromatic rings. The number of hydrogen-bond acceptors (Lipinski definition) is 4. The summed E-state index contributed by atoms with van der Waals surface area (Å²) in [7, 11) is 0. The van der Waals surface area contributed by atoms with E-state index < -0.39 is 0 Å². The van der Waals surface area contributed by atoms with Gasteiger partial charge in [0.05, 0.1) is 24.3 Å². The Labute approximate surface area is 189 Å². The van der Waals surface area contributed by atoms with Crippen molar-refractivity contribution in [2.24, 2.45) is 0 Å². The average Bonchev–Trinajstić information content (AvgIpc) is 3.14. The highest BCUT2D eigenvalue weighted by Gasteiger charge is 2.25. The maximum atomic E-state index is 13.5. The van der Waals surface area contributed by atoms with E-state index in [1.165, 1.54) is 0 Å². The lowest BCUT2D eigenvalue weighted by Crippen LogP contribution is -2.52. The Morgan fingerprint density at radius 2 is 1.47 bits per heavy atom. The summed E-state index contributed by atoms with van der Waals surface area (Å²) in [6.45, 7) is 9.86. The molecular formula is C26H32N4O2. The molecule has 4 rings (SSSR count). The van der Waals surface area contributed by atoms with Crippen LogP contribution in [0.3, 0.4) is 0 Å². The Morgan fingerprint density at radius 1 is 0.875 bits per heavy atom. The van der Waals surface area contributed by atoms with E-state index in [-0.39, 0.29) is 17.2 Å². The number of amides is 1. The van der Waals surface area contributed by atoms with Gasteiger partial charge in [0.2, 0.25) is 5.91 Å². The number of rotatable bonds is 6. The van der Waals surface area contributed by atoms with Gasteiger partial charge in [-0.25, -0.2) is 0 Å². The largest absolute Gasteiger partial charge is 0.354 e. The molecule has 0 aliphatic carbocycles. The Kier molecular flexibility index (Phi) is 6.44. The van der Waals surface area contributed by atoms with Crippen LogP contribution in [0.2, 0.25) is 0 Å². The van der Waals surface area contributed by atoms with E-state index >= 15 is 0 Å². The number of fused-ring (bicyclic) bond motifs is 1. The van der Waals surface area contributed by atoms with Crippen LogP contribution in [0.15, 0.2) is 54.6 Å². The van der Waals surface area contributed by atoms with E-state index in [9.17, 15) is 9.59 Å². The number of hydrogen-bond donors (Lipinski definition) is 2. The molecule has 6 nitrogen and oxygen atoms in total. The van der Waals surface area contributed by atoms with Crippen LogP contribution in [0.25, 0.3) is 22.2 Å². The van der Waals surface area contributed by atoms with Gasteiger partial charge in [-0.05, 0) is 32.4 Å². The number of nitrogens with zero attached hydrogens (tertiary/aromatic N) is 2. The van der Waals surface area contributed by atoms with E-state index in [1.54, 1.807) is 0 Å². The number of aromatic amines is 1. The molecule has 1 fully saturated rings. The van der Waals surface area contributed by atoms with Gasteiger partial charge in [-0.2, -0.15) is 0 Å². The highest BCUT2D eigenvalue weighted by atomic mass is 16.2. The van der Waals surface area contributed by atoms with E-state index in [4.69, 9.17) is 0 Å². The molecule has 1 saturated heterocycles. The number of para-hydroxylation sites is 1. The highest BCUT2D eigenvalue weighted by molar-refractivity contribution is 6.14. The van der Waals surface area contributed by atoms with Gasteiger partial charge in [0.25, 0.3) is 0 Å². The molecule has 0 saturated carbocycles. The summed E-state index contributed by atoms with van der Waals surface area (Å²) in [5.41, 5.74) is 3.42. The first-order valence-electron chi connectivity index (χ1n) is 11.3. The molecule has 0 atom stereocenters. The number of nitrogens with one attached hydrogen (secondary N) is 2. The van der Waals surface area contributed by atoms with Gasteiger partial charge in [0.15, 0.2) is 5.78 Å². The van der Waals surface area contributed by atoms with E-state index in [1.807, 2.05) is 75.4 Å². The molecule has 0 bridgehead atoms. The summed E-state index contributed by atoms with van der Waals surface area (Å²) in [6.07, 6.45) is 0. The third-order valence-electron chi connectivity index (χ3n) is 5.76. The highest BCUT2D eigenvalue weighted by Crippen LogP contribution is 2.30. The second-order valence-corrected chi connectivity index (χ2v) is 9.56. The fourth-order valence-corrected chi connectivity index (χ4v) is 4.30. The minimum Gasteiger partial charge on any atom is -0.354 e. The smallest absolute Gasteiger partial charge is 0.234 e. The monoisotopic (exact) mass is 432 g/mol. The summed E-state index contributed by atoms with van der Waals surface area (Å²) in [5, 5.41) is 3.98. The van der Waals surface area contributed by atoms with Crippen LogP contribution in [-0.2, 0) is 4.79 Å². The SMILES string of the molecule is CC(C)(C)NC(=O)CN1CCN(CC(=O)c2c(-c3ccccc3)[nH]c3ccccc23)CC1. The van der Waals surface area contributed by atoms with Crippen molar-refractivity contribution in [3.8, 4) is 11.3 Å². The predicted molar refractivity (Wildman–Crippen MR) is 129 cm³/mol. The summed E-state index contributed by atoms with van der Waals surface area (Å²) >= 11 is 0. The predicted octanol–water partition coefficient (Wildman–Crippen LogP) is 3.55. The summed E-state index contributed by atoms with van der Waals surface area (Å²) < 4.78 is 0. The van der Waals surface area contributed by atoms with Crippen molar-refractivity contribution in [1.29, 1.82) is 0 Å². The first-order valence-corrected chi connectivity index (χ1v) is 11.3. The molecule has 1 aromatic heterocycles. The van der Waals surface area contributed by atoms with Crippen molar-refractivity contribution >= 4 is 22.6 Å². The van der Waals surface area contributed by atoms with Gasteiger partial charge in [-0.3, -0.25) is 19.4 Å². The van der Waals surface area contributed by atoms with Gasteiger partial charge in [-0.15, -0.1) is 0 Å². The van der Waals surface area contributed by atoms with E-state index in [2.05, 4.69) is 20.1 Å². The van der Waals surface area contributed by atoms with E-state index in [0.29, 0.717) is 13.1 Å². The molecule has 0 unspecified atom stereocenters. The fourth-order valence-electron chi connectivity index (χ4n) is 4.30. The van der Waals surface area contributed by atoms with Crippen LogP contribution in [0.4, 0.5) is 0 Å². The molecule has 1 aliphatic heterocycles. The van der Waals surface area contributed by atoms with Gasteiger partial charge in [0.1, 0.15) is 0 Å². The molecule has 2 heterocycles. The summed E-state index contributed by atoms with van der Waals surface area (Å²) in [6, 6.07) is 18.0. The molecule has 32 heavy (non-hydrogen) atoms. The summed E-state index contributed by atoms with van der Waals surface area (Å²) in [5.74, 6) is 0.175. The minimum atomic E-state index is -0.221. The first-order chi connectivity index (χ1) is 15.3. The number of carbonyl (C=O) groups excluding carboxylic acids is 2. The number of carbonyl (C=O) groups is 2. The van der Waals surface area contributed by atoms with Crippen molar-refractivity contribution < 1.29 is 9.59 Å². The second-order valence-electron chi connectivity index (χ2n) is 9.56. The standard InChI is InChI=1S/C26H32N4O2/c1-26(2,3)28-23(32)18-30-15-13-29(14-16-30)17-22(31)24-20-11-7-8-12-21(20)27-25(24)19-9-5-4-6-10-19/h4-12,27H,13-18H2,1-3H3,(H,28,32). The van der Waals surface area contributed by atoms with Crippen LogP contribution in [0.5, 0.6) is 0 Å². The summed E-state index contributed by atoms with van der Waals surface area (Å²) in [4.78, 5) is 33.5. The Bertz CT molecular complexity index is 1090. The Balaban J connectivity index is 1.44. The number of ketones is 1. The van der Waals surface area contributed by atoms with E-state index in [0.717, 1.165) is 53.9 Å². The lowest BCUT2D eigenvalue weighted by Gasteiger charge is -2.34. The van der Waals surface area contributed by atoms with Gasteiger partial charge in [-0.1, -0.05) is 48.5 Å². The first kappa shape index (κ1) is 22.2. The number of H-pyrrole nitrogens is 1. The molecule has 0 spiro atoms. The minimum absolute atomic E-state index is 0.0494. The van der Waals surface area contributed by atoms with Crippen molar-refractivity contribution in [3.63, 3.8) is 0 Å². The molecule has 168 valence electrons. The third-order valence-corrected chi connectivity index (χ3v) is 5.76. The Hall–Kier alpha value is -2.96. The number of Topliss-reactive ketones (excluding diaryl/α,β-unsaturated/α-hetero) is 1. The average molecular weight is 433 g/mol. The van der Waals surface area contributed by atoms with Crippen LogP contribution in [0.1, 0.15) is 31.1 Å². The lowest BCUT2D eigenvalue weighted by molar-refractivity contribution is -0.124. The van der Waals surface area contributed by atoms with Gasteiger partial charge >= 0.3 is 0 Å². The molecule has 1 aliphatic rings. The van der Waals surface area contributed by atoms with Gasteiger partial charge < -0.3 is 10.3 Å². The number of benzene rings is 2. The second kappa shape index (κ2) is 9.27. The van der Waals surface area contributed by atoms with Crippen LogP contribution in [0, 0.1) is 0 Å². The van der Waals surface area contributed by atoms with Gasteiger partial charge in [0, 0.05) is 42.6 Å². The maximum Gasteiger partial charge on any atom is 0.234 e. The van der Waals surface area contributed by atoms with Crippen molar-refractivity contribution in [2.45, 2.75) is 26.3 Å².